The first-order valence-corrected chi connectivity index (χ1v) is 12.1. The molecule has 2 heterocycles. The summed E-state index contributed by atoms with van der Waals surface area (Å²) in [5, 5.41) is 3.26. The van der Waals surface area contributed by atoms with Crippen LogP contribution >= 0.6 is 0 Å². The monoisotopic (exact) mass is 467 g/mol. The van der Waals surface area contributed by atoms with Crippen molar-refractivity contribution in [3.8, 4) is 5.75 Å². The van der Waals surface area contributed by atoms with Crippen molar-refractivity contribution in [1.82, 2.24) is 0 Å². The van der Waals surface area contributed by atoms with E-state index in [0.717, 1.165) is 30.8 Å². The van der Waals surface area contributed by atoms with Crippen LogP contribution in [-0.4, -0.2) is 32.0 Å². The molecule has 0 bridgehead atoms. The third-order valence-electron chi connectivity index (χ3n) is 6.67. The van der Waals surface area contributed by atoms with E-state index in [0.29, 0.717) is 22.6 Å². The Morgan fingerprint density at radius 1 is 0.800 bits per heavy atom. The lowest BCUT2D eigenvalue weighted by Gasteiger charge is -2.18. The molecule has 3 aromatic rings. The highest BCUT2D eigenvalue weighted by molar-refractivity contribution is 6.46. The van der Waals surface area contributed by atoms with Crippen LogP contribution in [0.5, 0.6) is 5.75 Å². The van der Waals surface area contributed by atoms with E-state index in [1.54, 1.807) is 31.4 Å². The largest absolute Gasteiger partial charge is 0.497 e. The van der Waals surface area contributed by atoms with Crippen LogP contribution in [0.15, 0.2) is 78.5 Å². The summed E-state index contributed by atoms with van der Waals surface area (Å²) < 4.78 is 5.27. The van der Waals surface area contributed by atoms with Crippen molar-refractivity contribution in [2.75, 3.05) is 35.3 Å². The number of methoxy groups -OCH3 is 1. The molecule has 0 saturated carbocycles. The van der Waals surface area contributed by atoms with Gasteiger partial charge < -0.3 is 15.0 Å². The minimum atomic E-state index is -0.367. The van der Waals surface area contributed by atoms with E-state index in [9.17, 15) is 9.59 Å². The lowest BCUT2D eigenvalue weighted by atomic mass is 10.0. The number of hydrogen-bond acceptors (Lipinski definition) is 5. The van der Waals surface area contributed by atoms with Gasteiger partial charge in [-0.2, -0.15) is 0 Å². The van der Waals surface area contributed by atoms with Crippen LogP contribution < -0.4 is 19.9 Å². The van der Waals surface area contributed by atoms with Crippen molar-refractivity contribution in [2.45, 2.75) is 26.2 Å². The Balaban J connectivity index is 1.50. The number of amides is 2. The fourth-order valence-corrected chi connectivity index (χ4v) is 4.66. The summed E-state index contributed by atoms with van der Waals surface area (Å²) in [6, 6.07) is 22.8. The molecule has 5 rings (SSSR count). The Labute approximate surface area is 205 Å². The van der Waals surface area contributed by atoms with Crippen LogP contribution in [0.3, 0.4) is 0 Å². The molecule has 1 saturated heterocycles. The Bertz CT molecular complexity index is 1260. The molecule has 0 unspecified atom stereocenters. The average molecular weight is 468 g/mol. The lowest BCUT2D eigenvalue weighted by Crippen LogP contribution is -2.32. The third kappa shape index (κ3) is 4.39. The smallest absolute Gasteiger partial charge is 0.282 e. The SMILES string of the molecule is CCc1ccc(N2C(=O)C(Nc3ccc(N4CCCC4)cc3)=C(c3ccc(OC)cc3)C2=O)cc1. The topological polar surface area (TPSA) is 61.9 Å². The Morgan fingerprint density at radius 3 is 2.03 bits per heavy atom. The Morgan fingerprint density at radius 2 is 1.43 bits per heavy atom. The molecule has 0 aromatic heterocycles. The summed E-state index contributed by atoms with van der Waals surface area (Å²) in [5.41, 5.74) is 4.92. The molecule has 0 radical (unpaired) electrons. The fourth-order valence-electron chi connectivity index (χ4n) is 4.66. The summed E-state index contributed by atoms with van der Waals surface area (Å²) in [4.78, 5) is 30.8. The van der Waals surface area contributed by atoms with E-state index in [2.05, 4.69) is 29.3 Å². The van der Waals surface area contributed by atoms with Gasteiger partial charge in [0.2, 0.25) is 0 Å². The van der Waals surface area contributed by atoms with Gasteiger partial charge in [-0.1, -0.05) is 31.2 Å². The average Bonchev–Trinajstić information content (AvgIpc) is 3.52. The van der Waals surface area contributed by atoms with Gasteiger partial charge in [-0.15, -0.1) is 0 Å². The normalized spacial score (nSPS) is 15.8. The van der Waals surface area contributed by atoms with Gasteiger partial charge >= 0.3 is 0 Å². The number of ether oxygens (including phenoxy) is 1. The second kappa shape index (κ2) is 9.66. The summed E-state index contributed by atoms with van der Waals surface area (Å²) in [5.74, 6) is -0.0283. The molecule has 35 heavy (non-hydrogen) atoms. The molecule has 2 aliphatic rings. The van der Waals surface area contributed by atoms with E-state index in [-0.39, 0.29) is 17.5 Å². The fraction of sp³-hybridized carbons (Fsp3) is 0.241. The first-order chi connectivity index (χ1) is 17.1. The minimum absolute atomic E-state index is 0.272. The number of hydrogen-bond donors (Lipinski definition) is 1. The molecule has 0 atom stereocenters. The van der Waals surface area contributed by atoms with E-state index in [1.165, 1.54) is 23.4 Å². The highest BCUT2D eigenvalue weighted by Gasteiger charge is 2.40. The zero-order valence-corrected chi connectivity index (χ0v) is 20.1. The molecule has 6 nitrogen and oxygen atoms in total. The summed E-state index contributed by atoms with van der Waals surface area (Å²) >= 11 is 0. The van der Waals surface area contributed by atoms with Crippen molar-refractivity contribution >= 4 is 34.4 Å². The van der Waals surface area contributed by atoms with Gasteiger partial charge in [-0.25, -0.2) is 4.90 Å². The number of nitrogens with zero attached hydrogens (tertiary/aromatic N) is 2. The van der Waals surface area contributed by atoms with Crippen molar-refractivity contribution in [1.29, 1.82) is 0 Å². The van der Waals surface area contributed by atoms with Gasteiger partial charge in [0.05, 0.1) is 18.4 Å². The van der Waals surface area contributed by atoms with E-state index < -0.39 is 0 Å². The quantitative estimate of drug-likeness (QED) is 0.481. The molecule has 6 heteroatoms. The molecule has 1 N–H and O–H groups in total. The maximum absolute atomic E-state index is 13.6. The van der Waals surface area contributed by atoms with Gasteiger partial charge in [-0.05, 0) is 78.9 Å². The van der Waals surface area contributed by atoms with Gasteiger partial charge in [-0.3, -0.25) is 9.59 Å². The van der Waals surface area contributed by atoms with Crippen molar-refractivity contribution < 1.29 is 14.3 Å². The number of carbonyl (C=O) groups is 2. The van der Waals surface area contributed by atoms with Crippen molar-refractivity contribution in [3.05, 3.63) is 89.6 Å². The van der Waals surface area contributed by atoms with Crippen LogP contribution in [-0.2, 0) is 16.0 Å². The number of rotatable bonds is 7. The van der Waals surface area contributed by atoms with Crippen LogP contribution in [0.1, 0.15) is 30.9 Å². The number of benzene rings is 3. The summed E-state index contributed by atoms with van der Waals surface area (Å²) in [7, 11) is 1.60. The standard InChI is InChI=1S/C29H29N3O3/c1-3-20-6-12-24(13-7-20)32-28(33)26(21-8-16-25(35-2)17-9-21)27(29(32)34)30-22-10-14-23(15-11-22)31-18-4-5-19-31/h6-17,30H,3-5,18-19H2,1-2H3. The number of imide groups is 1. The van der Waals surface area contributed by atoms with Crippen molar-refractivity contribution in [2.24, 2.45) is 0 Å². The molecule has 2 amide bonds. The van der Waals surface area contributed by atoms with Gasteiger partial charge in [0.15, 0.2) is 0 Å². The highest BCUT2D eigenvalue weighted by atomic mass is 16.5. The number of carbonyl (C=O) groups excluding carboxylic acids is 2. The Hall–Kier alpha value is -4.06. The van der Waals surface area contributed by atoms with E-state index in [1.807, 2.05) is 36.4 Å². The maximum Gasteiger partial charge on any atom is 0.282 e. The van der Waals surface area contributed by atoms with Crippen molar-refractivity contribution in [3.63, 3.8) is 0 Å². The molecule has 0 spiro atoms. The second-order valence-corrected chi connectivity index (χ2v) is 8.81. The molecule has 3 aromatic carbocycles. The molecular formula is C29H29N3O3. The van der Waals surface area contributed by atoms with Crippen LogP contribution in [0, 0.1) is 0 Å². The molecule has 2 aliphatic heterocycles. The predicted octanol–water partition coefficient (Wildman–Crippen LogP) is 5.25. The third-order valence-corrected chi connectivity index (χ3v) is 6.67. The summed E-state index contributed by atoms with van der Waals surface area (Å²) in [6.45, 7) is 4.21. The second-order valence-electron chi connectivity index (χ2n) is 8.81. The van der Waals surface area contributed by atoms with Gasteiger partial charge in [0, 0.05) is 24.5 Å². The van der Waals surface area contributed by atoms with E-state index >= 15 is 0 Å². The predicted molar refractivity (Wildman–Crippen MR) is 140 cm³/mol. The van der Waals surface area contributed by atoms with Crippen LogP contribution in [0.4, 0.5) is 17.1 Å². The van der Waals surface area contributed by atoms with Gasteiger partial charge in [0.25, 0.3) is 11.8 Å². The number of aryl methyl sites for hydroxylation is 1. The molecule has 1 fully saturated rings. The van der Waals surface area contributed by atoms with Crippen LogP contribution in [0.2, 0.25) is 0 Å². The number of anilines is 3. The van der Waals surface area contributed by atoms with E-state index in [4.69, 9.17) is 4.74 Å². The first kappa shape index (κ1) is 22.7. The zero-order chi connectivity index (χ0) is 24.4. The lowest BCUT2D eigenvalue weighted by molar-refractivity contribution is -0.120. The van der Waals surface area contributed by atoms with Crippen LogP contribution in [0.25, 0.3) is 5.57 Å². The van der Waals surface area contributed by atoms with Gasteiger partial charge in [0.1, 0.15) is 11.4 Å². The molecular weight excluding hydrogens is 438 g/mol. The Kier molecular flexibility index (Phi) is 6.27. The first-order valence-electron chi connectivity index (χ1n) is 12.1. The summed E-state index contributed by atoms with van der Waals surface area (Å²) in [6.07, 6.45) is 3.31. The maximum atomic E-state index is 13.6. The highest BCUT2D eigenvalue weighted by Crippen LogP contribution is 2.35. The minimum Gasteiger partial charge on any atom is -0.497 e. The molecule has 0 aliphatic carbocycles. The molecule has 178 valence electrons. The zero-order valence-electron chi connectivity index (χ0n) is 20.1. The number of nitrogens with one attached hydrogen (secondary N) is 1.